The summed E-state index contributed by atoms with van der Waals surface area (Å²) in [6, 6.07) is 12.4. The maximum absolute atomic E-state index is 13.1. The van der Waals surface area contributed by atoms with Crippen LogP contribution in [-0.4, -0.2) is 75.0 Å². The zero-order chi connectivity index (χ0) is 21.9. The summed E-state index contributed by atoms with van der Waals surface area (Å²) in [5, 5.41) is 12.7. The molecule has 2 fully saturated rings. The molecule has 0 aliphatic carbocycles. The van der Waals surface area contributed by atoms with Gasteiger partial charge >= 0.3 is 0 Å². The first kappa shape index (κ1) is 20.4. The van der Waals surface area contributed by atoms with Gasteiger partial charge in [0.25, 0.3) is 0 Å². The molecule has 0 N–H and O–H groups in total. The number of piperidine rings is 1. The van der Waals surface area contributed by atoms with E-state index in [0.29, 0.717) is 11.7 Å². The van der Waals surface area contributed by atoms with E-state index in [0.717, 1.165) is 57.9 Å². The normalized spacial score (nSPS) is 17.6. The smallest absolute Gasteiger partial charge is 0.225 e. The highest BCUT2D eigenvalue weighted by Crippen LogP contribution is 2.25. The third-order valence-electron chi connectivity index (χ3n) is 6.42. The summed E-state index contributed by atoms with van der Waals surface area (Å²) in [6.45, 7) is 7.12. The van der Waals surface area contributed by atoms with Gasteiger partial charge in [-0.15, -0.1) is 10.2 Å². The van der Waals surface area contributed by atoms with Crippen LogP contribution < -0.4 is 9.80 Å². The van der Waals surface area contributed by atoms with Crippen LogP contribution in [0, 0.1) is 12.8 Å². The SMILES string of the molecule is Cc1cccc(N2CCN(C(=O)C3CCN(c4ccc(-n5cncn5)nn4)CC3)CC2)c1. The Morgan fingerprint density at radius 1 is 0.906 bits per heavy atom. The van der Waals surface area contributed by atoms with Crippen molar-refractivity contribution in [2.45, 2.75) is 19.8 Å². The third kappa shape index (κ3) is 4.28. The van der Waals surface area contributed by atoms with Crippen molar-refractivity contribution in [1.29, 1.82) is 0 Å². The van der Waals surface area contributed by atoms with Gasteiger partial charge in [0.15, 0.2) is 11.6 Å². The maximum atomic E-state index is 13.1. The van der Waals surface area contributed by atoms with Gasteiger partial charge in [0.2, 0.25) is 5.91 Å². The summed E-state index contributed by atoms with van der Waals surface area (Å²) in [7, 11) is 0. The van der Waals surface area contributed by atoms with Crippen LogP contribution in [0.25, 0.3) is 5.82 Å². The first-order chi connectivity index (χ1) is 15.7. The monoisotopic (exact) mass is 432 g/mol. The Kier molecular flexibility index (Phi) is 5.70. The van der Waals surface area contributed by atoms with Crippen molar-refractivity contribution in [1.82, 2.24) is 29.9 Å². The van der Waals surface area contributed by atoms with E-state index in [1.165, 1.54) is 17.6 Å². The molecule has 0 atom stereocenters. The predicted molar refractivity (Wildman–Crippen MR) is 122 cm³/mol. The second kappa shape index (κ2) is 8.94. The number of benzene rings is 1. The van der Waals surface area contributed by atoms with Crippen molar-refractivity contribution in [3.63, 3.8) is 0 Å². The summed E-state index contributed by atoms with van der Waals surface area (Å²) in [5.74, 6) is 1.88. The Balaban J connectivity index is 1.12. The number of hydrogen-bond acceptors (Lipinski definition) is 7. The number of aryl methyl sites for hydroxylation is 1. The number of nitrogens with zero attached hydrogens (tertiary/aromatic N) is 8. The molecular formula is C23H28N8O. The second-order valence-electron chi connectivity index (χ2n) is 8.50. The average molecular weight is 433 g/mol. The lowest BCUT2D eigenvalue weighted by molar-refractivity contribution is -0.136. The molecule has 0 saturated carbocycles. The maximum Gasteiger partial charge on any atom is 0.225 e. The summed E-state index contributed by atoms with van der Waals surface area (Å²) in [5.41, 5.74) is 2.52. The summed E-state index contributed by atoms with van der Waals surface area (Å²) < 4.78 is 1.58. The largest absolute Gasteiger partial charge is 0.368 e. The average Bonchev–Trinajstić information content (AvgIpc) is 3.39. The molecule has 32 heavy (non-hydrogen) atoms. The van der Waals surface area contributed by atoms with Crippen molar-refractivity contribution in [2.75, 3.05) is 49.1 Å². The Hall–Kier alpha value is -3.49. The molecule has 4 heterocycles. The highest BCUT2D eigenvalue weighted by molar-refractivity contribution is 5.79. The van der Waals surface area contributed by atoms with Crippen LogP contribution in [0.2, 0.25) is 0 Å². The van der Waals surface area contributed by atoms with Crippen molar-refractivity contribution in [2.24, 2.45) is 5.92 Å². The minimum atomic E-state index is 0.0964. The highest BCUT2D eigenvalue weighted by atomic mass is 16.2. The Bertz CT molecular complexity index is 1040. The first-order valence-electron chi connectivity index (χ1n) is 11.2. The molecule has 9 heteroatoms. The number of anilines is 2. The zero-order valence-corrected chi connectivity index (χ0v) is 18.3. The van der Waals surface area contributed by atoms with Gasteiger partial charge in [0, 0.05) is 50.9 Å². The number of rotatable bonds is 4. The van der Waals surface area contributed by atoms with E-state index in [4.69, 9.17) is 0 Å². The van der Waals surface area contributed by atoms with Gasteiger partial charge in [-0.2, -0.15) is 5.10 Å². The molecule has 166 valence electrons. The lowest BCUT2D eigenvalue weighted by atomic mass is 9.95. The number of amides is 1. The molecule has 9 nitrogen and oxygen atoms in total. The predicted octanol–water partition coefficient (Wildman–Crippen LogP) is 1.93. The van der Waals surface area contributed by atoms with Crippen LogP contribution in [0.4, 0.5) is 11.5 Å². The van der Waals surface area contributed by atoms with Crippen LogP contribution in [0.1, 0.15) is 18.4 Å². The van der Waals surface area contributed by atoms with Crippen molar-refractivity contribution >= 4 is 17.4 Å². The quantitative estimate of drug-likeness (QED) is 0.623. The zero-order valence-electron chi connectivity index (χ0n) is 18.3. The molecule has 2 aromatic heterocycles. The van der Waals surface area contributed by atoms with E-state index in [1.807, 2.05) is 12.1 Å². The number of carbonyl (C=O) groups is 1. The fourth-order valence-electron chi connectivity index (χ4n) is 4.56. The van der Waals surface area contributed by atoms with Crippen LogP contribution in [0.15, 0.2) is 49.1 Å². The number of aromatic nitrogens is 5. The van der Waals surface area contributed by atoms with Gasteiger partial charge in [-0.1, -0.05) is 12.1 Å². The fourth-order valence-corrected chi connectivity index (χ4v) is 4.56. The number of carbonyl (C=O) groups excluding carboxylic acids is 1. The lowest BCUT2D eigenvalue weighted by Gasteiger charge is -2.39. The van der Waals surface area contributed by atoms with Crippen LogP contribution in [0.3, 0.4) is 0 Å². The molecule has 2 aliphatic rings. The number of piperazine rings is 1. The summed E-state index contributed by atoms with van der Waals surface area (Å²) in [4.78, 5) is 23.7. The fraction of sp³-hybridized carbons (Fsp3) is 0.435. The van der Waals surface area contributed by atoms with Crippen LogP contribution in [0.5, 0.6) is 0 Å². The molecule has 1 amide bonds. The molecule has 2 aliphatic heterocycles. The molecule has 0 spiro atoms. The minimum Gasteiger partial charge on any atom is -0.368 e. The second-order valence-corrected chi connectivity index (χ2v) is 8.50. The highest BCUT2D eigenvalue weighted by Gasteiger charge is 2.31. The summed E-state index contributed by atoms with van der Waals surface area (Å²) in [6.07, 6.45) is 4.77. The van der Waals surface area contributed by atoms with Gasteiger partial charge in [-0.3, -0.25) is 4.79 Å². The van der Waals surface area contributed by atoms with E-state index in [9.17, 15) is 4.79 Å². The Labute approximate surface area is 187 Å². The van der Waals surface area contributed by atoms with Gasteiger partial charge in [0.05, 0.1) is 0 Å². The number of hydrogen-bond donors (Lipinski definition) is 0. The molecule has 0 bridgehead atoms. The molecule has 0 radical (unpaired) electrons. The van der Waals surface area contributed by atoms with Gasteiger partial charge < -0.3 is 14.7 Å². The Morgan fingerprint density at radius 2 is 1.66 bits per heavy atom. The summed E-state index contributed by atoms with van der Waals surface area (Å²) >= 11 is 0. The molecule has 1 aromatic carbocycles. The molecule has 2 saturated heterocycles. The van der Waals surface area contributed by atoms with Crippen molar-refractivity contribution in [3.05, 3.63) is 54.6 Å². The molecule has 3 aromatic rings. The first-order valence-corrected chi connectivity index (χ1v) is 11.2. The molecular weight excluding hydrogens is 404 g/mol. The Morgan fingerprint density at radius 3 is 2.31 bits per heavy atom. The van der Waals surface area contributed by atoms with Gasteiger partial charge in [-0.25, -0.2) is 9.67 Å². The third-order valence-corrected chi connectivity index (χ3v) is 6.42. The topological polar surface area (TPSA) is 83.3 Å². The van der Waals surface area contributed by atoms with E-state index >= 15 is 0 Å². The van der Waals surface area contributed by atoms with E-state index < -0.39 is 0 Å². The lowest BCUT2D eigenvalue weighted by Crippen LogP contribution is -2.51. The van der Waals surface area contributed by atoms with Crippen molar-refractivity contribution in [3.8, 4) is 5.82 Å². The van der Waals surface area contributed by atoms with E-state index in [2.05, 4.69) is 66.2 Å². The van der Waals surface area contributed by atoms with Crippen LogP contribution >= 0.6 is 0 Å². The van der Waals surface area contributed by atoms with E-state index in [1.54, 1.807) is 11.0 Å². The molecule has 5 rings (SSSR count). The standard InChI is InChI=1S/C23H28N8O/c1-18-3-2-4-20(15-18)28-11-13-30(14-12-28)23(32)19-7-9-29(10-8-19)21-5-6-22(27-26-21)31-17-24-16-25-31/h2-6,15-17,19H,7-14H2,1H3. The van der Waals surface area contributed by atoms with Crippen LogP contribution in [-0.2, 0) is 4.79 Å². The van der Waals surface area contributed by atoms with Gasteiger partial charge in [-0.05, 0) is 49.6 Å². The van der Waals surface area contributed by atoms with E-state index in [-0.39, 0.29) is 5.92 Å². The molecule has 0 unspecified atom stereocenters. The van der Waals surface area contributed by atoms with Gasteiger partial charge in [0.1, 0.15) is 12.7 Å². The van der Waals surface area contributed by atoms with Crippen molar-refractivity contribution < 1.29 is 4.79 Å². The minimum absolute atomic E-state index is 0.0964.